The van der Waals surface area contributed by atoms with E-state index in [-0.39, 0.29) is 11.1 Å². The van der Waals surface area contributed by atoms with Gasteiger partial charge >= 0.3 is 6.18 Å². The van der Waals surface area contributed by atoms with Crippen LogP contribution < -0.4 is 5.32 Å². The van der Waals surface area contributed by atoms with Gasteiger partial charge in [0, 0.05) is 12.2 Å². The number of anilines is 1. The van der Waals surface area contributed by atoms with E-state index in [2.05, 4.69) is 26.1 Å². The SMILES string of the molecule is CC(C)(C)CCNc1ccccc1C(F)(F)F. The molecule has 0 amide bonds. The van der Waals surface area contributed by atoms with Gasteiger partial charge in [-0.15, -0.1) is 0 Å². The number of alkyl halides is 3. The number of nitrogens with one attached hydrogen (secondary N) is 1. The van der Waals surface area contributed by atoms with Gasteiger partial charge in [0.25, 0.3) is 0 Å². The number of halogens is 3. The molecule has 0 saturated carbocycles. The molecule has 1 N–H and O–H groups in total. The second-order valence-electron chi connectivity index (χ2n) is 5.28. The van der Waals surface area contributed by atoms with E-state index in [4.69, 9.17) is 0 Å². The second kappa shape index (κ2) is 4.98. The van der Waals surface area contributed by atoms with Crippen molar-refractivity contribution in [1.29, 1.82) is 0 Å². The van der Waals surface area contributed by atoms with Crippen molar-refractivity contribution in [3.63, 3.8) is 0 Å². The van der Waals surface area contributed by atoms with Crippen LogP contribution in [0.15, 0.2) is 24.3 Å². The smallest absolute Gasteiger partial charge is 0.385 e. The topological polar surface area (TPSA) is 12.0 Å². The van der Waals surface area contributed by atoms with E-state index in [0.717, 1.165) is 12.5 Å². The number of rotatable bonds is 3. The fourth-order valence-electron chi connectivity index (χ4n) is 1.46. The molecule has 0 aliphatic rings. The quantitative estimate of drug-likeness (QED) is 0.823. The summed E-state index contributed by atoms with van der Waals surface area (Å²) in [5.74, 6) is 0. The van der Waals surface area contributed by atoms with Gasteiger partial charge in [-0.2, -0.15) is 13.2 Å². The van der Waals surface area contributed by atoms with Crippen LogP contribution in [0.1, 0.15) is 32.8 Å². The summed E-state index contributed by atoms with van der Waals surface area (Å²) in [6.45, 7) is 6.72. The van der Waals surface area contributed by atoms with E-state index in [1.807, 2.05) is 0 Å². The van der Waals surface area contributed by atoms with Gasteiger partial charge in [-0.05, 0) is 24.0 Å². The van der Waals surface area contributed by atoms with E-state index in [1.165, 1.54) is 12.1 Å². The van der Waals surface area contributed by atoms with Crippen LogP contribution in [0.2, 0.25) is 0 Å². The minimum Gasteiger partial charge on any atom is -0.385 e. The Labute approximate surface area is 100 Å². The van der Waals surface area contributed by atoms with E-state index >= 15 is 0 Å². The third kappa shape index (κ3) is 4.67. The zero-order valence-corrected chi connectivity index (χ0v) is 10.4. The maximum atomic E-state index is 12.7. The molecule has 1 nitrogen and oxygen atoms in total. The van der Waals surface area contributed by atoms with Gasteiger partial charge in [0.15, 0.2) is 0 Å². The lowest BCUT2D eigenvalue weighted by molar-refractivity contribution is -0.136. The highest BCUT2D eigenvalue weighted by molar-refractivity contribution is 5.52. The molecule has 0 fully saturated rings. The minimum absolute atomic E-state index is 0.111. The molecule has 96 valence electrons. The van der Waals surface area contributed by atoms with Crippen molar-refractivity contribution >= 4 is 5.69 Å². The molecule has 0 aliphatic carbocycles. The molecule has 1 aromatic rings. The predicted octanol–water partition coefficient (Wildman–Crippen LogP) is 4.55. The van der Waals surface area contributed by atoms with Crippen molar-refractivity contribution in [3.05, 3.63) is 29.8 Å². The normalized spacial score (nSPS) is 12.6. The fourth-order valence-corrected chi connectivity index (χ4v) is 1.46. The molecule has 0 radical (unpaired) electrons. The summed E-state index contributed by atoms with van der Waals surface area (Å²) in [5, 5.41) is 2.86. The van der Waals surface area contributed by atoms with Gasteiger partial charge in [0.2, 0.25) is 0 Å². The van der Waals surface area contributed by atoms with Gasteiger partial charge in [-0.25, -0.2) is 0 Å². The van der Waals surface area contributed by atoms with Crippen molar-refractivity contribution in [3.8, 4) is 0 Å². The molecule has 0 aromatic heterocycles. The molecule has 0 saturated heterocycles. The van der Waals surface area contributed by atoms with Crippen molar-refractivity contribution in [1.82, 2.24) is 0 Å². The van der Waals surface area contributed by atoms with Gasteiger partial charge in [0.05, 0.1) is 5.56 Å². The fraction of sp³-hybridized carbons (Fsp3) is 0.538. The standard InChI is InChI=1S/C13H18F3N/c1-12(2,3)8-9-17-11-7-5-4-6-10(11)13(14,15)16/h4-7,17H,8-9H2,1-3H3. The van der Waals surface area contributed by atoms with Gasteiger partial charge in [0.1, 0.15) is 0 Å². The lowest BCUT2D eigenvalue weighted by atomic mass is 9.92. The highest BCUT2D eigenvalue weighted by Gasteiger charge is 2.33. The van der Waals surface area contributed by atoms with Gasteiger partial charge < -0.3 is 5.32 Å². The Morgan fingerprint density at radius 1 is 1.06 bits per heavy atom. The molecule has 0 atom stereocenters. The Balaban J connectivity index is 2.72. The Hall–Kier alpha value is -1.19. The summed E-state index contributed by atoms with van der Waals surface area (Å²) in [5.41, 5.74) is -0.335. The summed E-state index contributed by atoms with van der Waals surface area (Å²) >= 11 is 0. The van der Waals surface area contributed by atoms with Gasteiger partial charge in [-0.1, -0.05) is 32.9 Å². The number of hydrogen-bond donors (Lipinski definition) is 1. The summed E-state index contributed by atoms with van der Waals surface area (Å²) in [6, 6.07) is 5.57. The van der Waals surface area contributed by atoms with Crippen LogP contribution in [0.3, 0.4) is 0 Å². The zero-order valence-electron chi connectivity index (χ0n) is 10.4. The molecular weight excluding hydrogens is 227 g/mol. The molecular formula is C13H18F3N. The molecule has 1 rings (SSSR count). The van der Waals surface area contributed by atoms with Crippen LogP contribution in [0.5, 0.6) is 0 Å². The first-order valence-electron chi connectivity index (χ1n) is 5.60. The van der Waals surface area contributed by atoms with Crippen molar-refractivity contribution in [2.24, 2.45) is 5.41 Å². The van der Waals surface area contributed by atoms with E-state index in [1.54, 1.807) is 6.07 Å². The maximum Gasteiger partial charge on any atom is 0.418 e. The third-order valence-corrected chi connectivity index (χ3v) is 2.42. The average Bonchev–Trinajstić information content (AvgIpc) is 2.15. The van der Waals surface area contributed by atoms with Crippen LogP contribution in [-0.4, -0.2) is 6.54 Å². The second-order valence-corrected chi connectivity index (χ2v) is 5.28. The average molecular weight is 245 g/mol. The van der Waals surface area contributed by atoms with Crippen LogP contribution in [0.4, 0.5) is 18.9 Å². The molecule has 0 unspecified atom stereocenters. The van der Waals surface area contributed by atoms with E-state index in [9.17, 15) is 13.2 Å². The largest absolute Gasteiger partial charge is 0.418 e. The van der Waals surface area contributed by atoms with Crippen molar-refractivity contribution in [2.45, 2.75) is 33.4 Å². The van der Waals surface area contributed by atoms with E-state index in [0.29, 0.717) is 6.54 Å². The number of benzene rings is 1. The molecule has 0 heterocycles. The van der Waals surface area contributed by atoms with Crippen LogP contribution in [0.25, 0.3) is 0 Å². The summed E-state index contributed by atoms with van der Waals surface area (Å²) in [7, 11) is 0. The molecule has 4 heteroatoms. The highest BCUT2D eigenvalue weighted by Crippen LogP contribution is 2.34. The first-order chi connectivity index (χ1) is 7.70. The first-order valence-corrected chi connectivity index (χ1v) is 5.60. The lowest BCUT2D eigenvalue weighted by Crippen LogP contribution is -2.15. The molecule has 0 aliphatic heterocycles. The van der Waals surface area contributed by atoms with Crippen molar-refractivity contribution < 1.29 is 13.2 Å². The Kier molecular flexibility index (Phi) is 4.07. The number of hydrogen-bond acceptors (Lipinski definition) is 1. The van der Waals surface area contributed by atoms with Crippen LogP contribution >= 0.6 is 0 Å². The van der Waals surface area contributed by atoms with Crippen LogP contribution in [0, 0.1) is 5.41 Å². The first kappa shape index (κ1) is 13.9. The van der Waals surface area contributed by atoms with Crippen LogP contribution in [-0.2, 0) is 6.18 Å². The molecule has 17 heavy (non-hydrogen) atoms. The zero-order chi connectivity index (χ0) is 13.1. The minimum atomic E-state index is -4.30. The number of para-hydroxylation sites is 1. The molecule has 1 aromatic carbocycles. The highest BCUT2D eigenvalue weighted by atomic mass is 19.4. The Morgan fingerprint density at radius 3 is 2.18 bits per heavy atom. The summed E-state index contributed by atoms with van der Waals surface area (Å²) in [6.07, 6.45) is -3.48. The predicted molar refractivity (Wildman–Crippen MR) is 64.0 cm³/mol. The summed E-state index contributed by atoms with van der Waals surface area (Å²) in [4.78, 5) is 0. The van der Waals surface area contributed by atoms with Gasteiger partial charge in [-0.3, -0.25) is 0 Å². The maximum absolute atomic E-state index is 12.7. The lowest BCUT2D eigenvalue weighted by Gasteiger charge is -2.20. The Morgan fingerprint density at radius 2 is 1.65 bits per heavy atom. The third-order valence-electron chi connectivity index (χ3n) is 2.42. The molecule has 0 spiro atoms. The van der Waals surface area contributed by atoms with Crippen molar-refractivity contribution in [2.75, 3.05) is 11.9 Å². The molecule has 0 bridgehead atoms. The summed E-state index contributed by atoms with van der Waals surface area (Å²) < 4.78 is 38.0. The Bertz CT molecular complexity index is 364. The van der Waals surface area contributed by atoms with E-state index < -0.39 is 11.7 Å². The monoisotopic (exact) mass is 245 g/mol.